The van der Waals surface area contributed by atoms with Crippen molar-refractivity contribution in [3.05, 3.63) is 131 Å². The van der Waals surface area contributed by atoms with Crippen LogP contribution in [0.3, 0.4) is 0 Å². The topological polar surface area (TPSA) is 24.3 Å². The van der Waals surface area contributed by atoms with Crippen molar-refractivity contribution < 1.29 is 0 Å². The zero-order valence-electron chi connectivity index (χ0n) is 22.3. The van der Waals surface area contributed by atoms with E-state index in [1.165, 1.54) is 22.2 Å². The van der Waals surface area contributed by atoms with Crippen LogP contribution in [0.5, 0.6) is 0 Å². The second-order valence-corrected chi connectivity index (χ2v) is 11.0. The second kappa shape index (κ2) is 12.1. The molecule has 0 N–H and O–H groups in total. The first kappa shape index (κ1) is 25.7. The Hall–Kier alpha value is -3.60. The molecule has 0 aliphatic carbocycles. The third-order valence-corrected chi connectivity index (χ3v) is 8.15. The number of likely N-dealkylation sites (tertiary alicyclic amines) is 1. The molecule has 198 valence electrons. The second-order valence-electron chi connectivity index (χ2n) is 10.5. The Labute approximate surface area is 236 Å². The molecule has 0 bridgehead atoms. The standard InChI is InChI=1S/C34H35ClN4/c35-30-17-15-29(16-18-30)26-39-33-14-8-7-13-32(33)36-34(39)38(25-28-11-5-2-6-12-28)31-20-23-37(24-21-31)22-19-27-9-3-1-4-10-27/h1-18,31H,19-26H2. The fraction of sp³-hybridized carbons (Fsp3) is 0.265. The van der Waals surface area contributed by atoms with Gasteiger partial charge in [-0.2, -0.15) is 0 Å². The number of hydrogen-bond acceptors (Lipinski definition) is 3. The predicted octanol–water partition coefficient (Wildman–Crippen LogP) is 7.45. The molecule has 0 radical (unpaired) electrons. The number of imidazole rings is 1. The molecule has 0 spiro atoms. The van der Waals surface area contributed by atoms with Gasteiger partial charge in [0.25, 0.3) is 0 Å². The smallest absolute Gasteiger partial charge is 0.207 e. The van der Waals surface area contributed by atoms with Gasteiger partial charge in [-0.05, 0) is 60.2 Å². The van der Waals surface area contributed by atoms with E-state index in [1.807, 2.05) is 12.1 Å². The van der Waals surface area contributed by atoms with Gasteiger partial charge >= 0.3 is 0 Å². The summed E-state index contributed by atoms with van der Waals surface area (Å²) < 4.78 is 2.39. The Kier molecular flexibility index (Phi) is 7.94. The minimum Gasteiger partial charge on any atom is -0.335 e. The summed E-state index contributed by atoms with van der Waals surface area (Å²) in [6.45, 7) is 4.94. The molecule has 1 aliphatic rings. The molecular formula is C34H35ClN4. The first-order valence-electron chi connectivity index (χ1n) is 14.0. The lowest BCUT2D eigenvalue weighted by Gasteiger charge is -2.39. The maximum atomic E-state index is 6.20. The summed E-state index contributed by atoms with van der Waals surface area (Å²) in [6, 6.07) is 38.8. The average molecular weight is 535 g/mol. The number of aromatic nitrogens is 2. The van der Waals surface area contributed by atoms with Crippen LogP contribution >= 0.6 is 11.6 Å². The first-order valence-corrected chi connectivity index (χ1v) is 14.4. The van der Waals surface area contributed by atoms with Crippen LogP contribution in [0.2, 0.25) is 5.02 Å². The third kappa shape index (κ3) is 6.19. The largest absolute Gasteiger partial charge is 0.335 e. The van der Waals surface area contributed by atoms with Crippen LogP contribution in [0.1, 0.15) is 29.5 Å². The molecule has 0 saturated carbocycles. The van der Waals surface area contributed by atoms with E-state index < -0.39 is 0 Å². The van der Waals surface area contributed by atoms with Gasteiger partial charge in [0, 0.05) is 37.2 Å². The zero-order chi connectivity index (χ0) is 26.4. The molecule has 1 fully saturated rings. The van der Waals surface area contributed by atoms with Crippen molar-refractivity contribution in [2.45, 2.75) is 38.4 Å². The average Bonchev–Trinajstić information content (AvgIpc) is 3.35. The van der Waals surface area contributed by atoms with Crippen LogP contribution < -0.4 is 4.90 Å². The minimum atomic E-state index is 0.430. The number of para-hydroxylation sites is 2. The Morgan fingerprint density at radius 2 is 1.36 bits per heavy atom. The molecule has 39 heavy (non-hydrogen) atoms. The van der Waals surface area contributed by atoms with Gasteiger partial charge < -0.3 is 14.4 Å². The summed E-state index contributed by atoms with van der Waals surface area (Å²) in [5.41, 5.74) is 6.16. The highest BCUT2D eigenvalue weighted by Gasteiger charge is 2.28. The van der Waals surface area contributed by atoms with E-state index in [0.29, 0.717) is 6.04 Å². The van der Waals surface area contributed by atoms with E-state index >= 15 is 0 Å². The van der Waals surface area contributed by atoms with Crippen LogP contribution in [-0.2, 0) is 19.5 Å². The number of anilines is 1. The molecule has 0 unspecified atom stereocenters. The first-order chi connectivity index (χ1) is 19.2. The van der Waals surface area contributed by atoms with Crippen LogP contribution in [0, 0.1) is 0 Å². The van der Waals surface area contributed by atoms with Crippen LogP contribution in [0.15, 0.2) is 109 Å². The van der Waals surface area contributed by atoms with Gasteiger partial charge in [0.15, 0.2) is 0 Å². The van der Waals surface area contributed by atoms with E-state index in [9.17, 15) is 0 Å². The lowest BCUT2D eigenvalue weighted by Crippen LogP contribution is -2.46. The van der Waals surface area contributed by atoms with Gasteiger partial charge in [0.2, 0.25) is 5.95 Å². The summed E-state index contributed by atoms with van der Waals surface area (Å²) in [4.78, 5) is 10.4. The van der Waals surface area contributed by atoms with Gasteiger partial charge in [0.05, 0.1) is 17.6 Å². The molecule has 6 rings (SSSR count). The van der Waals surface area contributed by atoms with Crippen molar-refractivity contribution in [2.75, 3.05) is 24.5 Å². The summed E-state index contributed by atoms with van der Waals surface area (Å²) >= 11 is 6.20. The summed E-state index contributed by atoms with van der Waals surface area (Å²) in [5, 5.41) is 0.763. The normalized spacial score (nSPS) is 14.6. The monoisotopic (exact) mass is 534 g/mol. The lowest BCUT2D eigenvalue weighted by molar-refractivity contribution is 0.209. The van der Waals surface area contributed by atoms with Crippen LogP contribution in [0.4, 0.5) is 5.95 Å². The Bertz CT molecular complexity index is 1470. The predicted molar refractivity (Wildman–Crippen MR) is 163 cm³/mol. The van der Waals surface area contributed by atoms with E-state index in [4.69, 9.17) is 16.6 Å². The van der Waals surface area contributed by atoms with Gasteiger partial charge in [-0.3, -0.25) is 0 Å². The van der Waals surface area contributed by atoms with E-state index in [0.717, 1.165) is 68.5 Å². The Balaban J connectivity index is 1.28. The number of halogens is 1. The van der Waals surface area contributed by atoms with Crippen molar-refractivity contribution >= 4 is 28.6 Å². The van der Waals surface area contributed by atoms with Crippen molar-refractivity contribution in [1.82, 2.24) is 14.5 Å². The van der Waals surface area contributed by atoms with Crippen molar-refractivity contribution in [2.24, 2.45) is 0 Å². The quantitative estimate of drug-likeness (QED) is 0.196. The Morgan fingerprint density at radius 3 is 2.08 bits per heavy atom. The molecule has 4 nitrogen and oxygen atoms in total. The molecule has 0 atom stereocenters. The summed E-state index contributed by atoms with van der Waals surface area (Å²) in [6.07, 6.45) is 3.37. The van der Waals surface area contributed by atoms with E-state index in [1.54, 1.807) is 0 Å². The molecule has 5 heteroatoms. The molecule has 1 saturated heterocycles. The summed E-state index contributed by atoms with van der Waals surface area (Å²) in [5.74, 6) is 1.05. The van der Waals surface area contributed by atoms with Crippen molar-refractivity contribution in [3.8, 4) is 0 Å². The SMILES string of the molecule is Clc1ccc(Cn2c(N(Cc3ccccc3)C3CCN(CCc4ccccc4)CC3)nc3ccccc32)cc1. The highest BCUT2D eigenvalue weighted by atomic mass is 35.5. The van der Waals surface area contributed by atoms with Gasteiger partial charge in [0.1, 0.15) is 0 Å². The van der Waals surface area contributed by atoms with E-state index in [2.05, 4.69) is 111 Å². The number of rotatable bonds is 9. The van der Waals surface area contributed by atoms with Gasteiger partial charge in [-0.25, -0.2) is 4.98 Å². The maximum Gasteiger partial charge on any atom is 0.207 e. The van der Waals surface area contributed by atoms with E-state index in [-0.39, 0.29) is 0 Å². The third-order valence-electron chi connectivity index (χ3n) is 7.90. The van der Waals surface area contributed by atoms with Crippen LogP contribution in [-0.4, -0.2) is 40.1 Å². The number of piperidine rings is 1. The number of fused-ring (bicyclic) bond motifs is 1. The highest BCUT2D eigenvalue weighted by molar-refractivity contribution is 6.30. The number of benzene rings is 4. The molecule has 1 aromatic heterocycles. The summed E-state index contributed by atoms with van der Waals surface area (Å²) in [7, 11) is 0. The lowest BCUT2D eigenvalue weighted by atomic mass is 10.0. The van der Waals surface area contributed by atoms with Crippen LogP contribution in [0.25, 0.3) is 11.0 Å². The minimum absolute atomic E-state index is 0.430. The molecule has 1 aliphatic heterocycles. The zero-order valence-corrected chi connectivity index (χ0v) is 23.0. The highest BCUT2D eigenvalue weighted by Crippen LogP contribution is 2.30. The Morgan fingerprint density at radius 1 is 0.718 bits per heavy atom. The molecule has 5 aromatic rings. The van der Waals surface area contributed by atoms with Crippen molar-refractivity contribution in [1.29, 1.82) is 0 Å². The number of hydrogen-bond donors (Lipinski definition) is 0. The number of nitrogens with zero attached hydrogens (tertiary/aromatic N) is 4. The molecule has 0 amide bonds. The van der Waals surface area contributed by atoms with Crippen molar-refractivity contribution in [3.63, 3.8) is 0 Å². The fourth-order valence-electron chi connectivity index (χ4n) is 5.74. The molecule has 4 aromatic carbocycles. The maximum absolute atomic E-state index is 6.20. The fourth-order valence-corrected chi connectivity index (χ4v) is 5.87. The van der Waals surface area contributed by atoms with Gasteiger partial charge in [-0.15, -0.1) is 0 Å². The van der Waals surface area contributed by atoms with Gasteiger partial charge in [-0.1, -0.05) is 96.5 Å². The molecule has 2 heterocycles. The molecular weight excluding hydrogens is 500 g/mol.